The van der Waals surface area contributed by atoms with Crippen LogP contribution in [0.25, 0.3) is 0 Å². The zero-order chi connectivity index (χ0) is 9.07. The van der Waals surface area contributed by atoms with Gasteiger partial charge in [0.2, 0.25) is 5.44 Å². The molecule has 0 aliphatic rings. The van der Waals surface area contributed by atoms with Gasteiger partial charge >= 0.3 is 0 Å². The molecule has 0 saturated heterocycles. The summed E-state index contributed by atoms with van der Waals surface area (Å²) in [4.78, 5) is 10.5. The Bertz CT molecular complexity index is 233. The lowest BCUT2D eigenvalue weighted by molar-refractivity contribution is -0.124. The molecule has 1 atom stereocenters. The molecule has 0 radical (unpaired) electrons. The van der Waals surface area contributed by atoms with Crippen molar-refractivity contribution in [2.75, 3.05) is 12.9 Å². The van der Waals surface area contributed by atoms with Crippen LogP contribution in [0.4, 0.5) is 0 Å². The fraction of sp³-hybridized carbons (Fsp3) is 0.800. The second-order valence-electron chi connectivity index (χ2n) is 2.02. The van der Waals surface area contributed by atoms with Gasteiger partial charge in [-0.15, -0.1) is 0 Å². The maximum atomic E-state index is 10.7. The number of hydrogen-bond acceptors (Lipinski definition) is 4. The standard InChI is InChI=1S/C5H11NO4S/c1-3-10-5(4(6)7)11(2,8)9/h5H,3H2,1-2H3,(H2,6,7). The highest BCUT2D eigenvalue weighted by molar-refractivity contribution is 7.91. The summed E-state index contributed by atoms with van der Waals surface area (Å²) >= 11 is 0. The highest BCUT2D eigenvalue weighted by Gasteiger charge is 2.26. The molecule has 0 aliphatic carbocycles. The van der Waals surface area contributed by atoms with Crippen molar-refractivity contribution in [3.05, 3.63) is 0 Å². The Kier molecular flexibility index (Phi) is 3.47. The number of primary amides is 1. The van der Waals surface area contributed by atoms with Crippen LogP contribution in [0.1, 0.15) is 6.92 Å². The smallest absolute Gasteiger partial charge is 0.262 e. The van der Waals surface area contributed by atoms with Crippen molar-refractivity contribution in [1.29, 1.82) is 0 Å². The van der Waals surface area contributed by atoms with Crippen molar-refractivity contribution in [1.82, 2.24) is 0 Å². The minimum atomic E-state index is -3.52. The van der Waals surface area contributed by atoms with E-state index in [2.05, 4.69) is 4.74 Å². The van der Waals surface area contributed by atoms with Crippen LogP contribution in [0.3, 0.4) is 0 Å². The molecular formula is C5H11NO4S. The minimum absolute atomic E-state index is 0.140. The van der Waals surface area contributed by atoms with Crippen LogP contribution >= 0.6 is 0 Å². The first kappa shape index (κ1) is 10.4. The first-order valence-corrected chi connectivity index (χ1v) is 4.94. The van der Waals surface area contributed by atoms with Gasteiger partial charge in [-0.25, -0.2) is 8.42 Å². The van der Waals surface area contributed by atoms with Gasteiger partial charge in [0.25, 0.3) is 5.91 Å². The van der Waals surface area contributed by atoms with Gasteiger partial charge < -0.3 is 10.5 Å². The third-order valence-corrected chi connectivity index (χ3v) is 2.09. The molecule has 0 fully saturated rings. The maximum Gasteiger partial charge on any atom is 0.262 e. The van der Waals surface area contributed by atoms with Crippen LogP contribution in [0.15, 0.2) is 0 Å². The molecule has 0 bridgehead atoms. The average molecular weight is 181 g/mol. The highest BCUT2D eigenvalue weighted by Crippen LogP contribution is 1.99. The fourth-order valence-corrected chi connectivity index (χ4v) is 1.37. The van der Waals surface area contributed by atoms with Crippen molar-refractivity contribution in [2.45, 2.75) is 12.4 Å². The number of carbonyl (C=O) groups is 1. The van der Waals surface area contributed by atoms with E-state index in [0.29, 0.717) is 0 Å². The second-order valence-corrected chi connectivity index (χ2v) is 4.11. The number of rotatable bonds is 4. The lowest BCUT2D eigenvalue weighted by Gasteiger charge is -2.09. The Morgan fingerprint density at radius 2 is 2.09 bits per heavy atom. The Balaban J connectivity index is 4.49. The Morgan fingerprint density at radius 3 is 2.18 bits per heavy atom. The van der Waals surface area contributed by atoms with E-state index in [1.807, 2.05) is 0 Å². The molecule has 5 nitrogen and oxygen atoms in total. The molecule has 0 spiro atoms. The molecule has 66 valence electrons. The molecule has 0 heterocycles. The summed E-state index contributed by atoms with van der Waals surface area (Å²) in [6, 6.07) is 0. The largest absolute Gasteiger partial charge is 0.366 e. The second kappa shape index (κ2) is 3.68. The number of carbonyl (C=O) groups excluding carboxylic acids is 1. The third-order valence-electron chi connectivity index (χ3n) is 0.939. The van der Waals surface area contributed by atoms with Gasteiger partial charge in [-0.1, -0.05) is 0 Å². The van der Waals surface area contributed by atoms with Gasteiger partial charge in [0.15, 0.2) is 9.84 Å². The van der Waals surface area contributed by atoms with Crippen molar-refractivity contribution in [2.24, 2.45) is 5.73 Å². The molecular weight excluding hydrogens is 170 g/mol. The summed E-state index contributed by atoms with van der Waals surface area (Å²) < 4.78 is 26.1. The summed E-state index contributed by atoms with van der Waals surface area (Å²) in [6.45, 7) is 1.72. The monoisotopic (exact) mass is 181 g/mol. The molecule has 0 aromatic heterocycles. The number of ether oxygens (including phenoxy) is 1. The lowest BCUT2D eigenvalue weighted by Crippen LogP contribution is -2.37. The molecule has 1 unspecified atom stereocenters. The molecule has 2 N–H and O–H groups in total. The SMILES string of the molecule is CCOC(C(N)=O)S(C)(=O)=O. The van der Waals surface area contributed by atoms with Gasteiger partial charge in [0, 0.05) is 12.9 Å². The zero-order valence-electron chi connectivity index (χ0n) is 6.40. The fourth-order valence-electron chi connectivity index (χ4n) is 0.568. The van der Waals surface area contributed by atoms with Crippen molar-refractivity contribution >= 4 is 15.7 Å². The van der Waals surface area contributed by atoms with Gasteiger partial charge in [-0.3, -0.25) is 4.79 Å². The first-order chi connectivity index (χ1) is 4.89. The van der Waals surface area contributed by atoms with Crippen LogP contribution in [-0.4, -0.2) is 32.6 Å². The third kappa shape index (κ3) is 3.33. The molecule has 11 heavy (non-hydrogen) atoms. The maximum absolute atomic E-state index is 10.7. The molecule has 0 saturated carbocycles. The first-order valence-electron chi connectivity index (χ1n) is 2.99. The summed E-state index contributed by atoms with van der Waals surface area (Å²) in [6.07, 6.45) is 0.901. The van der Waals surface area contributed by atoms with Crippen LogP contribution in [0, 0.1) is 0 Å². The zero-order valence-corrected chi connectivity index (χ0v) is 7.22. The number of amides is 1. The summed E-state index contributed by atoms with van der Waals surface area (Å²) in [5, 5.41) is 0. The van der Waals surface area contributed by atoms with E-state index in [9.17, 15) is 13.2 Å². The summed E-state index contributed by atoms with van der Waals surface area (Å²) in [5.74, 6) is -0.977. The van der Waals surface area contributed by atoms with Crippen LogP contribution in [0.5, 0.6) is 0 Å². The average Bonchev–Trinajstić information content (AvgIpc) is 1.79. The van der Waals surface area contributed by atoms with Gasteiger partial charge in [0.05, 0.1) is 0 Å². The van der Waals surface area contributed by atoms with Crippen LogP contribution in [0.2, 0.25) is 0 Å². The quantitative estimate of drug-likeness (QED) is 0.595. The Hall–Kier alpha value is -0.620. The predicted molar refractivity (Wildman–Crippen MR) is 39.5 cm³/mol. The number of nitrogens with two attached hydrogens (primary N) is 1. The molecule has 0 rings (SSSR count). The lowest BCUT2D eigenvalue weighted by atomic mass is 10.7. The Labute approximate surface area is 65.4 Å². The highest BCUT2D eigenvalue weighted by atomic mass is 32.2. The summed E-state index contributed by atoms with van der Waals surface area (Å²) in [7, 11) is -3.52. The minimum Gasteiger partial charge on any atom is -0.366 e. The normalized spacial score (nSPS) is 14.4. The van der Waals surface area contributed by atoms with E-state index in [1.54, 1.807) is 6.92 Å². The van der Waals surface area contributed by atoms with E-state index in [0.717, 1.165) is 6.26 Å². The van der Waals surface area contributed by atoms with E-state index >= 15 is 0 Å². The Morgan fingerprint density at radius 1 is 1.64 bits per heavy atom. The van der Waals surface area contributed by atoms with Crippen molar-refractivity contribution < 1.29 is 17.9 Å². The van der Waals surface area contributed by atoms with Crippen molar-refractivity contribution in [3.8, 4) is 0 Å². The summed E-state index contributed by atoms with van der Waals surface area (Å²) in [5.41, 5.74) is 3.26. The predicted octanol–water partition coefficient (Wildman–Crippen LogP) is -1.12. The van der Waals surface area contributed by atoms with Crippen LogP contribution in [-0.2, 0) is 19.4 Å². The molecule has 6 heteroatoms. The van der Waals surface area contributed by atoms with Gasteiger partial charge in [-0.05, 0) is 6.92 Å². The number of hydrogen-bond donors (Lipinski definition) is 1. The van der Waals surface area contributed by atoms with E-state index in [-0.39, 0.29) is 6.61 Å². The van der Waals surface area contributed by atoms with E-state index < -0.39 is 21.2 Å². The molecule has 0 aromatic rings. The molecule has 0 aliphatic heterocycles. The van der Waals surface area contributed by atoms with Gasteiger partial charge in [-0.2, -0.15) is 0 Å². The molecule has 1 amide bonds. The van der Waals surface area contributed by atoms with Crippen LogP contribution < -0.4 is 5.73 Å². The molecule has 0 aromatic carbocycles. The van der Waals surface area contributed by atoms with Gasteiger partial charge in [0.1, 0.15) is 0 Å². The van der Waals surface area contributed by atoms with Crippen molar-refractivity contribution in [3.63, 3.8) is 0 Å². The van der Waals surface area contributed by atoms with E-state index in [1.165, 1.54) is 0 Å². The topological polar surface area (TPSA) is 86.5 Å². The van der Waals surface area contributed by atoms with E-state index in [4.69, 9.17) is 5.73 Å². The number of sulfone groups is 1.